The minimum Gasteiger partial charge on any atom is -0.374 e. The third-order valence-electron chi connectivity index (χ3n) is 3.07. The average molecular weight is 261 g/mol. The van der Waals surface area contributed by atoms with Gasteiger partial charge in [0.25, 0.3) is 0 Å². The normalized spacial score (nSPS) is 26.5. The van der Waals surface area contributed by atoms with Gasteiger partial charge in [0.1, 0.15) is 0 Å². The molecule has 0 aromatic carbocycles. The molecule has 0 radical (unpaired) electrons. The van der Waals surface area contributed by atoms with Crippen LogP contribution in [0.15, 0.2) is 0 Å². The van der Waals surface area contributed by atoms with Crippen molar-refractivity contribution in [2.45, 2.75) is 33.7 Å². The molecule has 1 atom stereocenters. The molecule has 0 bridgehead atoms. The highest BCUT2D eigenvalue weighted by Gasteiger charge is 2.43. The van der Waals surface area contributed by atoms with Crippen LogP contribution in [0.4, 0.5) is 0 Å². The molecule has 1 fully saturated rings. The molecule has 102 valence electrons. The fraction of sp³-hybridized carbons (Fsp3) is 1.00. The molecule has 0 amide bonds. The summed E-state index contributed by atoms with van der Waals surface area (Å²) in [5.41, 5.74) is 0. The van der Waals surface area contributed by atoms with Crippen LogP contribution in [0, 0.1) is 5.92 Å². The van der Waals surface area contributed by atoms with Crippen molar-refractivity contribution >= 4 is 8.80 Å². The van der Waals surface area contributed by atoms with Gasteiger partial charge in [0.15, 0.2) is 0 Å². The van der Waals surface area contributed by atoms with Crippen LogP contribution in [-0.2, 0) is 13.3 Å². The highest BCUT2D eigenvalue weighted by Crippen LogP contribution is 2.24. The summed E-state index contributed by atoms with van der Waals surface area (Å²) in [7, 11) is -2.40. The third kappa shape index (κ3) is 4.67. The monoisotopic (exact) mass is 261 g/mol. The van der Waals surface area contributed by atoms with Crippen LogP contribution in [0.3, 0.4) is 0 Å². The summed E-state index contributed by atoms with van der Waals surface area (Å²) in [4.78, 5) is 2.43. The summed E-state index contributed by atoms with van der Waals surface area (Å²) >= 11 is 0. The summed E-state index contributed by atoms with van der Waals surface area (Å²) < 4.78 is 17.7. The lowest BCUT2D eigenvalue weighted by Crippen LogP contribution is -2.51. The van der Waals surface area contributed by atoms with Crippen LogP contribution in [0.1, 0.15) is 27.7 Å². The average Bonchev–Trinajstić information content (AvgIpc) is 2.26. The Balaban J connectivity index is 2.65. The predicted octanol–water partition coefficient (Wildman–Crippen LogP) is 1.99. The van der Waals surface area contributed by atoms with E-state index in [1.807, 2.05) is 13.8 Å². The summed E-state index contributed by atoms with van der Waals surface area (Å²) in [6.45, 7) is 13.8. The molecule has 4 nitrogen and oxygen atoms in total. The number of hydrogen-bond acceptors (Lipinski definition) is 4. The lowest BCUT2D eigenvalue weighted by atomic mass is 10.2. The summed E-state index contributed by atoms with van der Waals surface area (Å²) in [6, 6.07) is 0.936. The van der Waals surface area contributed by atoms with E-state index in [2.05, 4.69) is 18.7 Å². The zero-order chi connectivity index (χ0) is 12.7. The van der Waals surface area contributed by atoms with Gasteiger partial charge in [-0.1, -0.05) is 13.8 Å². The Labute approximate surface area is 107 Å². The second kappa shape index (κ2) is 7.48. The quantitative estimate of drug-likeness (QED) is 0.708. The second-order valence-electron chi connectivity index (χ2n) is 4.60. The lowest BCUT2D eigenvalue weighted by Gasteiger charge is -2.36. The number of rotatable bonds is 5. The molecule has 1 heterocycles. The van der Waals surface area contributed by atoms with Gasteiger partial charge in [-0.15, -0.1) is 0 Å². The van der Waals surface area contributed by atoms with Gasteiger partial charge in [0, 0.05) is 32.3 Å². The molecule has 1 unspecified atom stereocenters. The van der Waals surface area contributed by atoms with Gasteiger partial charge in [0.05, 0.1) is 6.61 Å². The Morgan fingerprint density at radius 1 is 1.24 bits per heavy atom. The maximum atomic E-state index is 6.01. The molecule has 1 rings (SSSR count). The van der Waals surface area contributed by atoms with Crippen LogP contribution >= 0.6 is 0 Å². The van der Waals surface area contributed by atoms with Crippen LogP contribution in [-0.4, -0.2) is 53.2 Å². The highest BCUT2D eigenvalue weighted by atomic mass is 28.4. The Hall–Kier alpha value is 0.0569. The molecular formula is C12H27NO3Si. The number of hydrogen-bond donors (Lipinski definition) is 0. The Morgan fingerprint density at radius 2 is 1.88 bits per heavy atom. The van der Waals surface area contributed by atoms with Gasteiger partial charge >= 0.3 is 8.80 Å². The first-order valence-corrected chi connectivity index (χ1v) is 8.73. The van der Waals surface area contributed by atoms with Gasteiger partial charge in [-0.3, -0.25) is 0 Å². The standard InChI is InChI=1S/C12H27NO3Si/c1-5-13-8-9-16-17(14-6-2,15-7-3)11-12(4)10-13/h12H,5-11H2,1-4H3. The van der Waals surface area contributed by atoms with E-state index in [9.17, 15) is 0 Å². The first-order chi connectivity index (χ1) is 8.15. The molecular weight excluding hydrogens is 234 g/mol. The highest BCUT2D eigenvalue weighted by molar-refractivity contribution is 6.60. The number of nitrogens with zero attached hydrogens (tertiary/aromatic N) is 1. The summed E-state index contributed by atoms with van der Waals surface area (Å²) in [6.07, 6.45) is 0. The molecule has 5 heteroatoms. The third-order valence-corrected chi connectivity index (χ3v) is 6.37. The van der Waals surface area contributed by atoms with E-state index in [1.54, 1.807) is 0 Å². The van der Waals surface area contributed by atoms with Crippen molar-refractivity contribution in [3.05, 3.63) is 0 Å². The Kier molecular flexibility index (Phi) is 6.65. The van der Waals surface area contributed by atoms with E-state index in [1.165, 1.54) is 0 Å². The van der Waals surface area contributed by atoms with Gasteiger partial charge in [-0.25, -0.2) is 0 Å². The van der Waals surface area contributed by atoms with Crippen LogP contribution in [0.5, 0.6) is 0 Å². The van der Waals surface area contributed by atoms with Crippen LogP contribution in [0.2, 0.25) is 6.04 Å². The Bertz CT molecular complexity index is 210. The lowest BCUT2D eigenvalue weighted by molar-refractivity contribution is 0.0427. The zero-order valence-electron chi connectivity index (χ0n) is 11.7. The molecule has 0 aromatic rings. The van der Waals surface area contributed by atoms with Crippen molar-refractivity contribution in [2.75, 3.05) is 39.5 Å². The van der Waals surface area contributed by atoms with Crippen LogP contribution in [0.25, 0.3) is 0 Å². The van der Waals surface area contributed by atoms with Crippen molar-refractivity contribution in [1.82, 2.24) is 4.90 Å². The topological polar surface area (TPSA) is 30.9 Å². The second-order valence-corrected chi connectivity index (χ2v) is 7.24. The summed E-state index contributed by atoms with van der Waals surface area (Å²) in [5, 5.41) is 0. The molecule has 1 aliphatic rings. The zero-order valence-corrected chi connectivity index (χ0v) is 12.7. The summed E-state index contributed by atoms with van der Waals surface area (Å²) in [5.74, 6) is 0.569. The molecule has 0 aromatic heterocycles. The van der Waals surface area contributed by atoms with Gasteiger partial charge in [-0.2, -0.15) is 0 Å². The van der Waals surface area contributed by atoms with Crippen molar-refractivity contribution in [3.8, 4) is 0 Å². The van der Waals surface area contributed by atoms with E-state index in [0.29, 0.717) is 19.1 Å². The van der Waals surface area contributed by atoms with E-state index >= 15 is 0 Å². The van der Waals surface area contributed by atoms with Crippen molar-refractivity contribution in [3.63, 3.8) is 0 Å². The number of likely N-dealkylation sites (N-methyl/N-ethyl adjacent to an activating group) is 1. The largest absolute Gasteiger partial charge is 0.501 e. The van der Waals surface area contributed by atoms with E-state index in [0.717, 1.165) is 32.3 Å². The maximum Gasteiger partial charge on any atom is 0.501 e. The molecule has 1 aliphatic heterocycles. The Morgan fingerprint density at radius 3 is 2.41 bits per heavy atom. The van der Waals surface area contributed by atoms with Gasteiger partial charge in [-0.05, 0) is 26.3 Å². The minimum absolute atomic E-state index is 0.569. The van der Waals surface area contributed by atoms with Gasteiger partial charge in [0.2, 0.25) is 0 Å². The molecule has 1 saturated heterocycles. The first-order valence-electron chi connectivity index (χ1n) is 6.80. The van der Waals surface area contributed by atoms with Crippen molar-refractivity contribution < 1.29 is 13.3 Å². The first kappa shape index (κ1) is 15.1. The predicted molar refractivity (Wildman–Crippen MR) is 71.0 cm³/mol. The van der Waals surface area contributed by atoms with E-state index < -0.39 is 8.80 Å². The molecule has 0 N–H and O–H groups in total. The molecule has 0 saturated carbocycles. The smallest absolute Gasteiger partial charge is 0.374 e. The maximum absolute atomic E-state index is 6.01. The van der Waals surface area contributed by atoms with Gasteiger partial charge < -0.3 is 18.2 Å². The van der Waals surface area contributed by atoms with E-state index in [-0.39, 0.29) is 0 Å². The van der Waals surface area contributed by atoms with E-state index in [4.69, 9.17) is 13.3 Å². The SMILES string of the molecule is CCO[Si]1(OCC)CC(C)CN(CC)CCO1. The minimum atomic E-state index is -2.40. The molecule has 0 spiro atoms. The molecule has 17 heavy (non-hydrogen) atoms. The van der Waals surface area contributed by atoms with Crippen molar-refractivity contribution in [2.24, 2.45) is 5.92 Å². The van der Waals surface area contributed by atoms with Crippen LogP contribution < -0.4 is 0 Å². The fourth-order valence-corrected chi connectivity index (χ4v) is 5.25. The van der Waals surface area contributed by atoms with Crippen molar-refractivity contribution in [1.29, 1.82) is 0 Å². The molecule has 0 aliphatic carbocycles. The fourth-order valence-electron chi connectivity index (χ4n) is 2.38.